The van der Waals surface area contributed by atoms with Gasteiger partial charge < -0.3 is 15.7 Å². The molecule has 0 aromatic rings. The van der Waals surface area contributed by atoms with E-state index in [2.05, 4.69) is 22.5 Å². The summed E-state index contributed by atoms with van der Waals surface area (Å²) in [6.45, 7) is 5.52. The number of carbonyl (C=O) groups excluding carboxylic acids is 1. The number of urea groups is 1. The lowest BCUT2D eigenvalue weighted by molar-refractivity contribution is -0.137. The molecule has 0 aliphatic carbocycles. The predicted molar refractivity (Wildman–Crippen MR) is 82.4 cm³/mol. The van der Waals surface area contributed by atoms with Gasteiger partial charge in [-0.1, -0.05) is 19.8 Å². The van der Waals surface area contributed by atoms with Gasteiger partial charge in [-0.25, -0.2) is 4.79 Å². The monoisotopic (exact) mass is 299 g/mol. The average Bonchev–Trinajstić information content (AvgIpc) is 2.48. The molecular weight excluding hydrogens is 270 g/mol. The summed E-state index contributed by atoms with van der Waals surface area (Å²) in [7, 11) is 0. The number of amides is 2. The van der Waals surface area contributed by atoms with Gasteiger partial charge >= 0.3 is 12.0 Å². The second kappa shape index (κ2) is 10.4. The Kier molecular flexibility index (Phi) is 8.82. The van der Waals surface area contributed by atoms with Crippen molar-refractivity contribution in [1.29, 1.82) is 0 Å². The quantitative estimate of drug-likeness (QED) is 0.567. The summed E-state index contributed by atoms with van der Waals surface area (Å²) in [6, 6.07) is 0.247. The van der Waals surface area contributed by atoms with Crippen molar-refractivity contribution in [2.24, 2.45) is 0 Å². The maximum atomic E-state index is 11.7. The fraction of sp³-hybridized carbons (Fsp3) is 0.867. The zero-order chi connectivity index (χ0) is 15.5. The number of carboxylic acids is 1. The zero-order valence-corrected chi connectivity index (χ0v) is 13.1. The Morgan fingerprint density at radius 1 is 1.24 bits per heavy atom. The number of hydrogen-bond acceptors (Lipinski definition) is 3. The molecule has 1 unspecified atom stereocenters. The average molecular weight is 299 g/mol. The molecule has 1 rings (SSSR count). The van der Waals surface area contributed by atoms with Gasteiger partial charge in [-0.15, -0.1) is 0 Å². The highest BCUT2D eigenvalue weighted by atomic mass is 16.4. The largest absolute Gasteiger partial charge is 0.481 e. The number of carbonyl (C=O) groups is 2. The Morgan fingerprint density at radius 2 is 2.05 bits per heavy atom. The van der Waals surface area contributed by atoms with Gasteiger partial charge in [0.1, 0.15) is 0 Å². The van der Waals surface area contributed by atoms with E-state index in [4.69, 9.17) is 5.11 Å². The lowest BCUT2D eigenvalue weighted by atomic mass is 10.0. The van der Waals surface area contributed by atoms with Gasteiger partial charge in [0.25, 0.3) is 0 Å². The van der Waals surface area contributed by atoms with E-state index in [1.807, 2.05) is 0 Å². The molecule has 0 spiro atoms. The smallest absolute Gasteiger partial charge is 0.314 e. The van der Waals surface area contributed by atoms with Crippen molar-refractivity contribution in [3.05, 3.63) is 0 Å². The van der Waals surface area contributed by atoms with Crippen molar-refractivity contribution >= 4 is 12.0 Å². The molecule has 122 valence electrons. The zero-order valence-electron chi connectivity index (χ0n) is 13.1. The highest BCUT2D eigenvalue weighted by Crippen LogP contribution is 2.16. The van der Waals surface area contributed by atoms with Crippen LogP contribution >= 0.6 is 0 Å². The van der Waals surface area contributed by atoms with Crippen LogP contribution in [-0.2, 0) is 4.79 Å². The summed E-state index contributed by atoms with van der Waals surface area (Å²) in [4.78, 5) is 24.5. The number of carboxylic acid groups (broad SMARTS) is 1. The molecule has 1 aliphatic heterocycles. The van der Waals surface area contributed by atoms with Crippen molar-refractivity contribution in [3.8, 4) is 0 Å². The Hall–Kier alpha value is -1.30. The van der Waals surface area contributed by atoms with Crippen LogP contribution in [0, 0.1) is 0 Å². The molecule has 1 heterocycles. The Balaban J connectivity index is 2.18. The first-order valence-corrected chi connectivity index (χ1v) is 8.11. The molecule has 3 N–H and O–H groups in total. The first-order chi connectivity index (χ1) is 10.1. The summed E-state index contributed by atoms with van der Waals surface area (Å²) in [5.74, 6) is -0.828. The molecule has 1 fully saturated rings. The van der Waals surface area contributed by atoms with Crippen molar-refractivity contribution in [2.45, 2.75) is 57.9 Å². The van der Waals surface area contributed by atoms with Crippen LogP contribution in [0.1, 0.15) is 51.9 Å². The molecule has 0 radical (unpaired) electrons. The third kappa shape index (κ3) is 7.90. The normalized spacial score (nSPS) is 19.2. The van der Waals surface area contributed by atoms with Crippen LogP contribution in [0.4, 0.5) is 4.79 Å². The van der Waals surface area contributed by atoms with Crippen molar-refractivity contribution in [2.75, 3.05) is 26.2 Å². The molecule has 1 saturated heterocycles. The van der Waals surface area contributed by atoms with E-state index < -0.39 is 5.97 Å². The number of unbranched alkanes of at least 4 members (excludes halogenated alkanes) is 1. The van der Waals surface area contributed by atoms with Gasteiger partial charge in [-0.05, 0) is 38.8 Å². The van der Waals surface area contributed by atoms with Crippen molar-refractivity contribution < 1.29 is 14.7 Å². The summed E-state index contributed by atoms with van der Waals surface area (Å²) < 4.78 is 0. The fourth-order valence-electron chi connectivity index (χ4n) is 2.66. The molecule has 0 bridgehead atoms. The number of aliphatic carboxylic acids is 1. The third-order valence-electron chi connectivity index (χ3n) is 3.90. The van der Waals surface area contributed by atoms with E-state index in [9.17, 15) is 9.59 Å². The van der Waals surface area contributed by atoms with Crippen LogP contribution in [0.2, 0.25) is 0 Å². The first-order valence-electron chi connectivity index (χ1n) is 8.11. The van der Waals surface area contributed by atoms with Gasteiger partial charge in [-0.3, -0.25) is 9.69 Å². The molecule has 6 heteroatoms. The lowest BCUT2D eigenvalue weighted by Gasteiger charge is -2.35. The minimum Gasteiger partial charge on any atom is -0.481 e. The number of rotatable bonds is 9. The minimum absolute atomic E-state index is 0.0910. The number of nitrogens with zero attached hydrogens (tertiary/aromatic N) is 1. The first kappa shape index (κ1) is 17.8. The van der Waals surface area contributed by atoms with Gasteiger partial charge in [0.2, 0.25) is 0 Å². The molecule has 0 aromatic heterocycles. The van der Waals surface area contributed by atoms with Crippen LogP contribution < -0.4 is 10.6 Å². The highest BCUT2D eigenvalue weighted by Gasteiger charge is 2.21. The molecule has 0 aromatic carbocycles. The number of hydrogen-bond donors (Lipinski definition) is 3. The van der Waals surface area contributed by atoms with E-state index >= 15 is 0 Å². The maximum Gasteiger partial charge on any atom is 0.314 e. The van der Waals surface area contributed by atoms with E-state index in [1.165, 1.54) is 25.7 Å². The second-order valence-electron chi connectivity index (χ2n) is 5.67. The van der Waals surface area contributed by atoms with Gasteiger partial charge in [0, 0.05) is 25.6 Å². The SMILES string of the molecule is CCCCN1CCCCC1CNC(=O)NCCCC(=O)O. The summed E-state index contributed by atoms with van der Waals surface area (Å²) in [5.41, 5.74) is 0. The molecule has 1 aliphatic rings. The molecule has 21 heavy (non-hydrogen) atoms. The summed E-state index contributed by atoms with van der Waals surface area (Å²) in [5, 5.41) is 14.1. The van der Waals surface area contributed by atoms with Crippen LogP contribution in [0.5, 0.6) is 0 Å². The molecule has 1 atom stereocenters. The molecule has 6 nitrogen and oxygen atoms in total. The summed E-state index contributed by atoms with van der Waals surface area (Å²) in [6.07, 6.45) is 6.58. The van der Waals surface area contributed by atoms with E-state index in [0.29, 0.717) is 25.6 Å². The molecule has 0 saturated carbocycles. The topological polar surface area (TPSA) is 81.7 Å². The number of likely N-dealkylation sites (tertiary alicyclic amines) is 1. The van der Waals surface area contributed by atoms with Crippen molar-refractivity contribution in [3.63, 3.8) is 0 Å². The number of piperidine rings is 1. The summed E-state index contributed by atoms with van der Waals surface area (Å²) >= 11 is 0. The van der Waals surface area contributed by atoms with Gasteiger partial charge in [0.05, 0.1) is 0 Å². The van der Waals surface area contributed by atoms with Crippen molar-refractivity contribution in [1.82, 2.24) is 15.5 Å². The van der Waals surface area contributed by atoms with Crippen LogP contribution in [-0.4, -0.2) is 54.2 Å². The minimum atomic E-state index is -0.828. The van der Waals surface area contributed by atoms with Crippen LogP contribution in [0.3, 0.4) is 0 Å². The molecule has 2 amide bonds. The van der Waals surface area contributed by atoms with E-state index in [-0.39, 0.29) is 12.5 Å². The number of nitrogens with one attached hydrogen (secondary N) is 2. The third-order valence-corrected chi connectivity index (χ3v) is 3.90. The second-order valence-corrected chi connectivity index (χ2v) is 5.67. The van der Waals surface area contributed by atoms with E-state index in [0.717, 1.165) is 19.5 Å². The van der Waals surface area contributed by atoms with Gasteiger partial charge in [-0.2, -0.15) is 0 Å². The fourth-order valence-corrected chi connectivity index (χ4v) is 2.66. The lowest BCUT2D eigenvalue weighted by Crippen LogP contribution is -2.48. The predicted octanol–water partition coefficient (Wildman–Crippen LogP) is 1.80. The Labute approximate surface area is 127 Å². The van der Waals surface area contributed by atoms with Crippen LogP contribution in [0.25, 0.3) is 0 Å². The Bertz CT molecular complexity index is 323. The Morgan fingerprint density at radius 3 is 2.76 bits per heavy atom. The maximum absolute atomic E-state index is 11.7. The highest BCUT2D eigenvalue weighted by molar-refractivity contribution is 5.74. The van der Waals surface area contributed by atoms with E-state index in [1.54, 1.807) is 0 Å². The van der Waals surface area contributed by atoms with Crippen LogP contribution in [0.15, 0.2) is 0 Å². The molecular formula is C15H29N3O3. The standard InChI is InChI=1S/C15H29N3O3/c1-2-3-10-18-11-5-4-7-13(18)12-17-15(21)16-9-6-8-14(19)20/h13H,2-12H2,1H3,(H,19,20)(H2,16,17,21). The van der Waals surface area contributed by atoms with Gasteiger partial charge in [0.15, 0.2) is 0 Å².